The van der Waals surface area contributed by atoms with Gasteiger partial charge in [-0.25, -0.2) is 4.79 Å². The fraction of sp³-hybridized carbons (Fsp3) is 0.167. The van der Waals surface area contributed by atoms with Crippen LogP contribution < -0.4 is 4.74 Å². The fourth-order valence-corrected chi connectivity index (χ4v) is 1.17. The van der Waals surface area contributed by atoms with Crippen LogP contribution in [-0.4, -0.2) is 30.6 Å². The molecule has 0 spiro atoms. The average Bonchev–Trinajstić information content (AvgIpc) is 2.37. The maximum absolute atomic E-state index is 11.9. The summed E-state index contributed by atoms with van der Waals surface area (Å²) >= 11 is 0. The Morgan fingerprint density at radius 2 is 1.84 bits per heavy atom. The van der Waals surface area contributed by atoms with Crippen molar-refractivity contribution in [1.29, 1.82) is 0 Å². The van der Waals surface area contributed by atoms with E-state index in [1.54, 1.807) is 0 Å². The monoisotopic (exact) mass is 272 g/mol. The molecule has 0 saturated heterocycles. The number of ketones is 1. The van der Waals surface area contributed by atoms with Gasteiger partial charge >= 0.3 is 12.6 Å². The van der Waals surface area contributed by atoms with Crippen LogP contribution in [-0.2, 0) is 14.3 Å². The van der Waals surface area contributed by atoms with E-state index >= 15 is 0 Å². The first-order chi connectivity index (χ1) is 8.93. The smallest absolute Gasteiger partial charge is 0.387 e. The zero-order chi connectivity index (χ0) is 14.4. The lowest BCUT2D eigenvalue weighted by molar-refractivity contribution is -0.149. The van der Waals surface area contributed by atoms with Gasteiger partial charge in [0.25, 0.3) is 5.78 Å². The number of hydrogen-bond donors (Lipinski definition) is 1. The number of aliphatic hydroxyl groups is 1. The van der Waals surface area contributed by atoms with Gasteiger partial charge in [-0.1, -0.05) is 0 Å². The van der Waals surface area contributed by atoms with Crippen LogP contribution in [0.5, 0.6) is 5.75 Å². The minimum Gasteiger partial charge on any atom is -0.507 e. The molecule has 0 bridgehead atoms. The van der Waals surface area contributed by atoms with Gasteiger partial charge in [-0.3, -0.25) is 4.79 Å². The zero-order valence-corrected chi connectivity index (χ0v) is 9.80. The largest absolute Gasteiger partial charge is 0.507 e. The van der Waals surface area contributed by atoms with Gasteiger partial charge in [0.2, 0.25) is 0 Å². The lowest BCUT2D eigenvalue weighted by Gasteiger charge is -2.05. The molecular weight excluding hydrogens is 262 g/mol. The van der Waals surface area contributed by atoms with Crippen LogP contribution in [0.25, 0.3) is 5.76 Å². The molecule has 0 aliphatic rings. The lowest BCUT2D eigenvalue weighted by Crippen LogP contribution is -2.13. The van der Waals surface area contributed by atoms with Crippen LogP contribution in [0.2, 0.25) is 0 Å². The van der Waals surface area contributed by atoms with Gasteiger partial charge in [0.1, 0.15) is 11.5 Å². The zero-order valence-electron chi connectivity index (χ0n) is 9.80. The summed E-state index contributed by atoms with van der Waals surface area (Å²) in [6, 6.07) is 4.89. The lowest BCUT2D eigenvalue weighted by atomic mass is 10.1. The number of esters is 1. The molecule has 19 heavy (non-hydrogen) atoms. The predicted molar refractivity (Wildman–Crippen MR) is 60.7 cm³/mol. The highest BCUT2D eigenvalue weighted by Gasteiger charge is 2.13. The molecule has 0 aliphatic carbocycles. The maximum atomic E-state index is 11.9. The van der Waals surface area contributed by atoms with E-state index < -0.39 is 24.1 Å². The molecule has 102 valence electrons. The molecule has 1 N–H and O–H groups in total. The van der Waals surface area contributed by atoms with E-state index in [1.807, 2.05) is 0 Å². The SMILES string of the molecule is COC(=O)C(=O)C=C(O)c1ccc(OC(F)F)cc1. The van der Waals surface area contributed by atoms with Crippen LogP contribution in [0, 0.1) is 0 Å². The van der Waals surface area contributed by atoms with Crippen molar-refractivity contribution in [1.82, 2.24) is 0 Å². The summed E-state index contributed by atoms with van der Waals surface area (Å²) < 4.78 is 32.1. The number of alkyl halides is 2. The quantitative estimate of drug-likeness (QED) is 0.384. The molecule has 0 heterocycles. The van der Waals surface area contributed by atoms with E-state index in [-0.39, 0.29) is 11.3 Å². The summed E-state index contributed by atoms with van der Waals surface area (Å²) in [6.07, 6.45) is 0.675. The summed E-state index contributed by atoms with van der Waals surface area (Å²) in [7, 11) is 1.03. The molecule has 0 radical (unpaired) electrons. The summed E-state index contributed by atoms with van der Waals surface area (Å²) in [4.78, 5) is 22.0. The molecule has 5 nitrogen and oxygen atoms in total. The van der Waals surface area contributed by atoms with Crippen molar-refractivity contribution in [2.75, 3.05) is 7.11 Å². The van der Waals surface area contributed by atoms with Gasteiger partial charge in [0, 0.05) is 11.6 Å². The van der Waals surface area contributed by atoms with Gasteiger partial charge < -0.3 is 14.6 Å². The molecule has 0 unspecified atom stereocenters. The molecular formula is C12H10F2O5. The van der Waals surface area contributed by atoms with Crippen LogP contribution in [0.3, 0.4) is 0 Å². The number of aliphatic hydroxyl groups excluding tert-OH is 1. The Morgan fingerprint density at radius 3 is 2.32 bits per heavy atom. The fourth-order valence-electron chi connectivity index (χ4n) is 1.17. The van der Waals surface area contributed by atoms with Crippen LogP contribution in [0.15, 0.2) is 30.3 Å². The van der Waals surface area contributed by atoms with E-state index in [4.69, 9.17) is 0 Å². The van der Waals surface area contributed by atoms with Gasteiger partial charge in [0.15, 0.2) is 0 Å². The van der Waals surface area contributed by atoms with Crippen LogP contribution >= 0.6 is 0 Å². The maximum Gasteiger partial charge on any atom is 0.387 e. The van der Waals surface area contributed by atoms with Crippen molar-refractivity contribution in [3.63, 3.8) is 0 Å². The Bertz CT molecular complexity index is 493. The number of benzene rings is 1. The Hall–Kier alpha value is -2.44. The van der Waals surface area contributed by atoms with Crippen molar-refractivity contribution in [3.8, 4) is 5.75 Å². The molecule has 0 saturated carbocycles. The van der Waals surface area contributed by atoms with Gasteiger partial charge in [-0.2, -0.15) is 8.78 Å². The summed E-state index contributed by atoms with van der Waals surface area (Å²) in [5, 5.41) is 9.55. The van der Waals surface area contributed by atoms with E-state index in [2.05, 4.69) is 9.47 Å². The normalized spacial score (nSPS) is 11.3. The molecule has 1 aromatic carbocycles. The van der Waals surface area contributed by atoms with E-state index in [0.29, 0.717) is 6.08 Å². The third kappa shape index (κ3) is 4.38. The molecule has 0 aromatic heterocycles. The highest BCUT2D eigenvalue weighted by Crippen LogP contribution is 2.18. The first kappa shape index (κ1) is 14.6. The molecule has 7 heteroatoms. The molecule has 0 atom stereocenters. The standard InChI is InChI=1S/C12H10F2O5/c1-18-11(17)10(16)6-9(15)7-2-4-8(5-3-7)19-12(13)14/h2-6,12,15H,1H3. The minimum absolute atomic E-state index is 0.0918. The van der Waals surface area contributed by atoms with E-state index in [1.165, 1.54) is 24.3 Å². The molecule has 1 rings (SSSR count). The Kier molecular flexibility index (Phi) is 4.99. The first-order valence-corrected chi connectivity index (χ1v) is 5.02. The van der Waals surface area contributed by atoms with Crippen LogP contribution in [0.4, 0.5) is 8.78 Å². The van der Waals surface area contributed by atoms with Crippen molar-refractivity contribution >= 4 is 17.5 Å². The number of ether oxygens (including phenoxy) is 2. The van der Waals surface area contributed by atoms with Crippen molar-refractivity contribution in [2.24, 2.45) is 0 Å². The number of halogens is 2. The molecule has 0 aliphatic heterocycles. The second-order valence-corrected chi connectivity index (χ2v) is 3.29. The van der Waals surface area contributed by atoms with Crippen LogP contribution in [0.1, 0.15) is 5.56 Å². The van der Waals surface area contributed by atoms with Gasteiger partial charge in [-0.15, -0.1) is 0 Å². The minimum atomic E-state index is -2.95. The third-order valence-corrected chi connectivity index (χ3v) is 2.03. The number of carbonyl (C=O) groups excluding carboxylic acids is 2. The Morgan fingerprint density at radius 1 is 1.26 bits per heavy atom. The van der Waals surface area contributed by atoms with Crippen molar-refractivity contribution < 1.29 is 33.0 Å². The summed E-state index contributed by atoms with van der Waals surface area (Å²) in [5.74, 6) is -2.73. The third-order valence-electron chi connectivity index (χ3n) is 2.03. The van der Waals surface area contributed by atoms with Crippen molar-refractivity contribution in [2.45, 2.75) is 6.61 Å². The first-order valence-electron chi connectivity index (χ1n) is 5.02. The molecule has 0 amide bonds. The molecule has 1 aromatic rings. The Balaban J connectivity index is 2.83. The van der Waals surface area contributed by atoms with Gasteiger partial charge in [-0.05, 0) is 24.3 Å². The second kappa shape index (κ2) is 6.48. The summed E-state index contributed by atoms with van der Waals surface area (Å²) in [6.45, 7) is -2.95. The summed E-state index contributed by atoms with van der Waals surface area (Å²) in [5.41, 5.74) is 0.166. The van der Waals surface area contributed by atoms with E-state index in [0.717, 1.165) is 7.11 Å². The van der Waals surface area contributed by atoms with E-state index in [9.17, 15) is 23.5 Å². The predicted octanol–water partition coefficient (Wildman–Crippen LogP) is 1.93. The molecule has 0 fully saturated rings. The van der Waals surface area contributed by atoms with Crippen molar-refractivity contribution in [3.05, 3.63) is 35.9 Å². The number of hydrogen-bond acceptors (Lipinski definition) is 5. The van der Waals surface area contributed by atoms with Gasteiger partial charge in [0.05, 0.1) is 7.11 Å². The number of methoxy groups -OCH3 is 1. The average molecular weight is 272 g/mol. The number of rotatable bonds is 5. The second-order valence-electron chi connectivity index (χ2n) is 3.29. The highest BCUT2D eigenvalue weighted by molar-refractivity contribution is 6.39. The Labute approximate surface area is 107 Å². The number of carbonyl (C=O) groups is 2. The highest BCUT2D eigenvalue weighted by atomic mass is 19.3. The topological polar surface area (TPSA) is 72.8 Å².